The van der Waals surface area contributed by atoms with Gasteiger partial charge < -0.3 is 14.1 Å². The molecule has 0 aliphatic rings. The van der Waals surface area contributed by atoms with E-state index in [0.717, 1.165) is 17.3 Å². The molecule has 1 aromatic carbocycles. The first-order valence-corrected chi connectivity index (χ1v) is 7.49. The zero-order chi connectivity index (χ0) is 16.1. The lowest BCUT2D eigenvalue weighted by Gasteiger charge is -2.16. The number of ether oxygens (including phenoxy) is 1. The highest BCUT2D eigenvalue weighted by molar-refractivity contribution is 5.94. The van der Waals surface area contributed by atoms with Crippen LogP contribution in [-0.2, 0) is 6.54 Å². The summed E-state index contributed by atoms with van der Waals surface area (Å²) in [5, 5.41) is 0. The molecule has 2 aromatic rings. The standard InChI is InChI=1S/C18H23NO3/c1-13(2)12-21-16-7-5-6-15(10-16)18(20)19(4)11-17-9-8-14(3)22-17/h5-10,13H,11-12H2,1-4H3. The number of furan rings is 1. The lowest BCUT2D eigenvalue weighted by atomic mass is 10.2. The van der Waals surface area contributed by atoms with Crippen molar-refractivity contribution in [2.75, 3.05) is 13.7 Å². The highest BCUT2D eigenvalue weighted by atomic mass is 16.5. The highest BCUT2D eigenvalue weighted by Gasteiger charge is 2.14. The van der Waals surface area contributed by atoms with E-state index in [2.05, 4.69) is 13.8 Å². The average molecular weight is 301 g/mol. The molecule has 0 atom stereocenters. The largest absolute Gasteiger partial charge is 0.493 e. The summed E-state index contributed by atoms with van der Waals surface area (Å²) in [6, 6.07) is 11.1. The van der Waals surface area contributed by atoms with Crippen molar-refractivity contribution in [3.8, 4) is 5.75 Å². The van der Waals surface area contributed by atoms with Gasteiger partial charge in [0.15, 0.2) is 0 Å². The van der Waals surface area contributed by atoms with Crippen molar-refractivity contribution in [2.24, 2.45) is 5.92 Å². The molecule has 2 rings (SSSR count). The van der Waals surface area contributed by atoms with Crippen LogP contribution < -0.4 is 4.74 Å². The van der Waals surface area contributed by atoms with E-state index in [-0.39, 0.29) is 5.91 Å². The number of carbonyl (C=O) groups excluding carboxylic acids is 1. The molecule has 0 bridgehead atoms. The van der Waals surface area contributed by atoms with Crippen LogP contribution in [0.3, 0.4) is 0 Å². The van der Waals surface area contributed by atoms with Crippen LogP contribution in [-0.4, -0.2) is 24.5 Å². The fourth-order valence-corrected chi connectivity index (χ4v) is 2.08. The maximum atomic E-state index is 12.5. The summed E-state index contributed by atoms with van der Waals surface area (Å²) in [4.78, 5) is 14.1. The Kier molecular flexibility index (Phi) is 5.26. The SMILES string of the molecule is Cc1ccc(CN(C)C(=O)c2cccc(OCC(C)C)c2)o1. The number of carbonyl (C=O) groups is 1. The van der Waals surface area contributed by atoms with Crippen molar-refractivity contribution < 1.29 is 13.9 Å². The second-order valence-electron chi connectivity index (χ2n) is 5.91. The number of hydrogen-bond acceptors (Lipinski definition) is 3. The summed E-state index contributed by atoms with van der Waals surface area (Å²) in [7, 11) is 1.77. The van der Waals surface area contributed by atoms with Gasteiger partial charge in [0.1, 0.15) is 17.3 Å². The van der Waals surface area contributed by atoms with E-state index in [4.69, 9.17) is 9.15 Å². The second-order valence-corrected chi connectivity index (χ2v) is 5.91. The van der Waals surface area contributed by atoms with Gasteiger partial charge in [0.05, 0.1) is 13.2 Å². The molecule has 118 valence electrons. The molecule has 1 aromatic heterocycles. The number of aryl methyl sites for hydroxylation is 1. The Morgan fingerprint density at radius 3 is 2.68 bits per heavy atom. The van der Waals surface area contributed by atoms with Gasteiger partial charge in [-0.05, 0) is 43.2 Å². The minimum atomic E-state index is -0.0518. The van der Waals surface area contributed by atoms with Gasteiger partial charge in [-0.15, -0.1) is 0 Å². The molecule has 0 N–H and O–H groups in total. The zero-order valence-corrected chi connectivity index (χ0v) is 13.6. The fourth-order valence-electron chi connectivity index (χ4n) is 2.08. The summed E-state index contributed by atoms with van der Waals surface area (Å²) in [6.07, 6.45) is 0. The predicted molar refractivity (Wildman–Crippen MR) is 86.0 cm³/mol. The summed E-state index contributed by atoms with van der Waals surface area (Å²) in [6.45, 7) is 7.16. The monoisotopic (exact) mass is 301 g/mol. The van der Waals surface area contributed by atoms with E-state index >= 15 is 0 Å². The van der Waals surface area contributed by atoms with Crippen molar-refractivity contribution in [1.82, 2.24) is 4.90 Å². The Morgan fingerprint density at radius 2 is 2.05 bits per heavy atom. The zero-order valence-electron chi connectivity index (χ0n) is 13.6. The molecule has 0 radical (unpaired) electrons. The predicted octanol–water partition coefficient (Wildman–Crippen LogP) is 3.90. The van der Waals surface area contributed by atoms with Crippen LogP contribution in [0, 0.1) is 12.8 Å². The van der Waals surface area contributed by atoms with E-state index < -0.39 is 0 Å². The van der Waals surface area contributed by atoms with Crippen LogP contribution in [0.2, 0.25) is 0 Å². The van der Waals surface area contributed by atoms with E-state index in [1.54, 1.807) is 24.1 Å². The molecule has 0 aliphatic heterocycles. The van der Waals surface area contributed by atoms with Gasteiger partial charge >= 0.3 is 0 Å². The maximum absolute atomic E-state index is 12.5. The third-order valence-corrected chi connectivity index (χ3v) is 3.20. The lowest BCUT2D eigenvalue weighted by molar-refractivity contribution is 0.0774. The first-order valence-electron chi connectivity index (χ1n) is 7.49. The average Bonchev–Trinajstić information content (AvgIpc) is 2.89. The molecule has 4 nitrogen and oxygen atoms in total. The van der Waals surface area contributed by atoms with Crippen molar-refractivity contribution in [2.45, 2.75) is 27.3 Å². The minimum Gasteiger partial charge on any atom is -0.493 e. The smallest absolute Gasteiger partial charge is 0.254 e. The molecule has 0 saturated carbocycles. The summed E-state index contributed by atoms with van der Waals surface area (Å²) in [5.74, 6) is 2.75. The Hall–Kier alpha value is -2.23. The number of rotatable bonds is 6. The van der Waals surface area contributed by atoms with Crippen LogP contribution in [0.4, 0.5) is 0 Å². The number of amides is 1. The van der Waals surface area contributed by atoms with Crippen molar-refractivity contribution in [3.63, 3.8) is 0 Å². The first-order chi connectivity index (χ1) is 10.5. The van der Waals surface area contributed by atoms with Gasteiger partial charge in [-0.25, -0.2) is 0 Å². The Bertz CT molecular complexity index is 631. The van der Waals surface area contributed by atoms with Gasteiger partial charge in [0, 0.05) is 12.6 Å². The van der Waals surface area contributed by atoms with Crippen molar-refractivity contribution >= 4 is 5.91 Å². The van der Waals surface area contributed by atoms with Crippen LogP contribution in [0.5, 0.6) is 5.75 Å². The van der Waals surface area contributed by atoms with Crippen LogP contribution in [0.15, 0.2) is 40.8 Å². The molecular weight excluding hydrogens is 278 g/mol. The second kappa shape index (κ2) is 7.16. The van der Waals surface area contributed by atoms with Gasteiger partial charge in [-0.1, -0.05) is 19.9 Å². The molecule has 0 fully saturated rings. The van der Waals surface area contributed by atoms with Crippen molar-refractivity contribution in [1.29, 1.82) is 0 Å². The van der Waals surface area contributed by atoms with Crippen LogP contribution >= 0.6 is 0 Å². The molecule has 0 saturated heterocycles. The molecule has 0 unspecified atom stereocenters. The van der Waals surface area contributed by atoms with Gasteiger partial charge in [0.2, 0.25) is 0 Å². The number of benzene rings is 1. The van der Waals surface area contributed by atoms with E-state index in [1.165, 1.54) is 0 Å². The lowest BCUT2D eigenvalue weighted by Crippen LogP contribution is -2.26. The number of hydrogen-bond donors (Lipinski definition) is 0. The molecule has 1 amide bonds. The van der Waals surface area contributed by atoms with Gasteiger partial charge in [-0.2, -0.15) is 0 Å². The third-order valence-electron chi connectivity index (χ3n) is 3.20. The first kappa shape index (κ1) is 16.1. The number of nitrogens with zero attached hydrogens (tertiary/aromatic N) is 1. The van der Waals surface area contributed by atoms with Crippen molar-refractivity contribution in [3.05, 3.63) is 53.5 Å². The normalized spacial score (nSPS) is 10.8. The van der Waals surface area contributed by atoms with E-state index in [9.17, 15) is 4.79 Å². The third kappa shape index (κ3) is 4.38. The summed E-state index contributed by atoms with van der Waals surface area (Å²) in [5.41, 5.74) is 0.618. The topological polar surface area (TPSA) is 42.7 Å². The highest BCUT2D eigenvalue weighted by Crippen LogP contribution is 2.17. The molecule has 0 aliphatic carbocycles. The van der Waals surface area contributed by atoms with Crippen LogP contribution in [0.25, 0.3) is 0 Å². The molecule has 0 spiro atoms. The summed E-state index contributed by atoms with van der Waals surface area (Å²) < 4.78 is 11.2. The Morgan fingerprint density at radius 1 is 1.27 bits per heavy atom. The van der Waals surface area contributed by atoms with E-state index in [1.807, 2.05) is 31.2 Å². The van der Waals surface area contributed by atoms with E-state index in [0.29, 0.717) is 24.6 Å². The minimum absolute atomic E-state index is 0.0518. The molecule has 1 heterocycles. The van der Waals surface area contributed by atoms with Gasteiger partial charge in [-0.3, -0.25) is 4.79 Å². The Labute approximate surface area is 131 Å². The van der Waals surface area contributed by atoms with Crippen LogP contribution in [0.1, 0.15) is 35.7 Å². The molecular formula is C18H23NO3. The molecule has 22 heavy (non-hydrogen) atoms. The fraction of sp³-hybridized carbons (Fsp3) is 0.389. The summed E-state index contributed by atoms with van der Waals surface area (Å²) >= 11 is 0. The van der Waals surface area contributed by atoms with Gasteiger partial charge in [0.25, 0.3) is 5.91 Å². The Balaban J connectivity index is 2.03. The quantitative estimate of drug-likeness (QED) is 0.813. The maximum Gasteiger partial charge on any atom is 0.254 e. The molecule has 4 heteroatoms.